The fourth-order valence-electron chi connectivity index (χ4n) is 2.88. The maximum atomic E-state index is 12.6. The molecular formula is C18H22ClN3O3. The number of amides is 1. The van der Waals surface area contributed by atoms with Crippen LogP contribution < -0.4 is 5.32 Å². The van der Waals surface area contributed by atoms with Crippen LogP contribution in [0.4, 0.5) is 0 Å². The molecule has 0 bridgehead atoms. The van der Waals surface area contributed by atoms with Gasteiger partial charge in [0.05, 0.1) is 23.9 Å². The molecule has 6 nitrogen and oxygen atoms in total. The van der Waals surface area contributed by atoms with E-state index in [0.29, 0.717) is 34.1 Å². The molecule has 1 aromatic carbocycles. The van der Waals surface area contributed by atoms with Crippen LogP contribution in [0, 0.1) is 6.92 Å². The molecule has 0 aliphatic carbocycles. The van der Waals surface area contributed by atoms with E-state index in [2.05, 4.69) is 15.4 Å². The lowest BCUT2D eigenvalue weighted by Gasteiger charge is -2.26. The second-order valence-electron chi connectivity index (χ2n) is 6.02. The number of rotatable bonds is 6. The Morgan fingerprint density at radius 1 is 1.32 bits per heavy atom. The van der Waals surface area contributed by atoms with Gasteiger partial charge < -0.3 is 14.6 Å². The number of carbonyl (C=O) groups excluding carboxylic acids is 1. The minimum absolute atomic E-state index is 0.185. The van der Waals surface area contributed by atoms with Gasteiger partial charge in [-0.3, -0.25) is 9.69 Å². The molecule has 2 heterocycles. The molecule has 7 heteroatoms. The van der Waals surface area contributed by atoms with Crippen molar-refractivity contribution in [1.29, 1.82) is 0 Å². The summed E-state index contributed by atoms with van der Waals surface area (Å²) >= 11 is 6.22. The number of nitrogens with zero attached hydrogens (tertiary/aromatic N) is 2. The number of hydrogen-bond donors (Lipinski definition) is 1. The first-order chi connectivity index (χ1) is 12.2. The number of hydrogen-bond acceptors (Lipinski definition) is 5. The summed E-state index contributed by atoms with van der Waals surface area (Å²) in [6, 6.07) is 7.26. The minimum atomic E-state index is -0.185. The summed E-state index contributed by atoms with van der Waals surface area (Å²) in [6.07, 6.45) is 0.886. The molecule has 2 aromatic rings. The Bertz CT molecular complexity index is 726. The van der Waals surface area contributed by atoms with E-state index in [1.165, 1.54) is 0 Å². The average Bonchev–Trinajstić information content (AvgIpc) is 3.01. The van der Waals surface area contributed by atoms with Crippen LogP contribution in [0.5, 0.6) is 0 Å². The Morgan fingerprint density at radius 2 is 2.08 bits per heavy atom. The van der Waals surface area contributed by atoms with Crippen LogP contribution in [0.2, 0.25) is 5.02 Å². The molecule has 0 saturated carbocycles. The molecule has 0 atom stereocenters. The zero-order chi connectivity index (χ0) is 17.6. The topological polar surface area (TPSA) is 67.6 Å². The van der Waals surface area contributed by atoms with Crippen molar-refractivity contribution in [3.05, 3.63) is 40.5 Å². The summed E-state index contributed by atoms with van der Waals surface area (Å²) in [5, 5.41) is 7.42. The Hall–Kier alpha value is -1.89. The van der Waals surface area contributed by atoms with E-state index in [1.54, 1.807) is 13.0 Å². The van der Waals surface area contributed by atoms with Gasteiger partial charge in [-0.25, -0.2) is 0 Å². The van der Waals surface area contributed by atoms with Crippen molar-refractivity contribution in [3.63, 3.8) is 0 Å². The van der Waals surface area contributed by atoms with E-state index >= 15 is 0 Å². The van der Waals surface area contributed by atoms with Gasteiger partial charge in [0.15, 0.2) is 5.76 Å². The monoisotopic (exact) mass is 363 g/mol. The molecule has 134 valence electrons. The van der Waals surface area contributed by atoms with Crippen LogP contribution in [0.1, 0.15) is 22.5 Å². The van der Waals surface area contributed by atoms with E-state index in [9.17, 15) is 4.79 Å². The van der Waals surface area contributed by atoms with Crippen LogP contribution >= 0.6 is 11.6 Å². The van der Waals surface area contributed by atoms with E-state index in [0.717, 1.165) is 39.3 Å². The smallest absolute Gasteiger partial charge is 0.257 e. The van der Waals surface area contributed by atoms with Gasteiger partial charge in [0.1, 0.15) is 5.56 Å². The van der Waals surface area contributed by atoms with Crippen molar-refractivity contribution in [2.45, 2.75) is 13.3 Å². The molecule has 25 heavy (non-hydrogen) atoms. The van der Waals surface area contributed by atoms with Crippen molar-refractivity contribution < 1.29 is 14.1 Å². The van der Waals surface area contributed by atoms with Gasteiger partial charge in [-0.15, -0.1) is 0 Å². The van der Waals surface area contributed by atoms with Crippen LogP contribution in [0.3, 0.4) is 0 Å². The molecule has 3 rings (SSSR count). The number of ether oxygens (including phenoxy) is 1. The number of morpholine rings is 1. The van der Waals surface area contributed by atoms with Crippen LogP contribution in [0.25, 0.3) is 11.3 Å². The van der Waals surface area contributed by atoms with E-state index in [1.807, 2.05) is 18.2 Å². The molecule has 1 aliphatic rings. The predicted octanol–water partition coefficient (Wildman–Crippen LogP) is 2.76. The fourth-order valence-corrected chi connectivity index (χ4v) is 3.11. The lowest BCUT2D eigenvalue weighted by molar-refractivity contribution is 0.0374. The summed E-state index contributed by atoms with van der Waals surface area (Å²) in [4.78, 5) is 14.9. The molecule has 1 aliphatic heterocycles. The normalized spacial score (nSPS) is 15.3. The predicted molar refractivity (Wildman–Crippen MR) is 95.9 cm³/mol. The lowest BCUT2D eigenvalue weighted by atomic mass is 10.1. The summed E-state index contributed by atoms with van der Waals surface area (Å²) in [5.41, 5.74) is 1.67. The molecule has 1 aromatic heterocycles. The number of carbonyl (C=O) groups is 1. The van der Waals surface area contributed by atoms with Gasteiger partial charge in [-0.2, -0.15) is 0 Å². The van der Waals surface area contributed by atoms with Gasteiger partial charge in [0.2, 0.25) is 0 Å². The number of halogens is 1. The van der Waals surface area contributed by atoms with E-state index in [-0.39, 0.29) is 5.91 Å². The fraction of sp³-hybridized carbons (Fsp3) is 0.444. The third kappa shape index (κ3) is 4.39. The molecule has 1 fully saturated rings. The molecule has 1 amide bonds. The first-order valence-corrected chi connectivity index (χ1v) is 8.84. The summed E-state index contributed by atoms with van der Waals surface area (Å²) < 4.78 is 10.7. The molecule has 1 N–H and O–H groups in total. The number of aryl methyl sites for hydroxylation is 1. The van der Waals surface area contributed by atoms with Crippen LogP contribution in [-0.4, -0.2) is 55.4 Å². The highest BCUT2D eigenvalue weighted by molar-refractivity contribution is 6.33. The van der Waals surface area contributed by atoms with E-state index < -0.39 is 0 Å². The number of nitrogens with one attached hydrogen (secondary N) is 1. The van der Waals surface area contributed by atoms with Gasteiger partial charge in [0, 0.05) is 25.2 Å². The highest BCUT2D eigenvalue weighted by Gasteiger charge is 2.23. The van der Waals surface area contributed by atoms with E-state index in [4.69, 9.17) is 20.9 Å². The molecule has 0 spiro atoms. The summed E-state index contributed by atoms with van der Waals surface area (Å²) in [5.74, 6) is 0.226. The van der Waals surface area contributed by atoms with Crippen molar-refractivity contribution in [2.75, 3.05) is 39.4 Å². The Labute approximate surface area is 152 Å². The first-order valence-electron chi connectivity index (χ1n) is 8.46. The summed E-state index contributed by atoms with van der Waals surface area (Å²) in [7, 11) is 0. The molecular weight excluding hydrogens is 342 g/mol. The van der Waals surface area contributed by atoms with Crippen LogP contribution in [0.15, 0.2) is 28.8 Å². The second kappa shape index (κ2) is 8.47. The third-order valence-corrected chi connectivity index (χ3v) is 4.58. The van der Waals surface area contributed by atoms with Crippen LogP contribution in [-0.2, 0) is 4.74 Å². The Kier molecular flexibility index (Phi) is 6.07. The van der Waals surface area contributed by atoms with Crippen molar-refractivity contribution in [3.8, 4) is 11.3 Å². The number of aromatic nitrogens is 1. The molecule has 1 saturated heterocycles. The van der Waals surface area contributed by atoms with Gasteiger partial charge in [-0.1, -0.05) is 28.9 Å². The zero-order valence-electron chi connectivity index (χ0n) is 14.3. The van der Waals surface area contributed by atoms with Gasteiger partial charge in [0.25, 0.3) is 5.91 Å². The molecule has 0 unspecified atom stereocenters. The second-order valence-corrected chi connectivity index (χ2v) is 6.42. The maximum absolute atomic E-state index is 12.6. The van der Waals surface area contributed by atoms with Gasteiger partial charge in [-0.05, 0) is 32.0 Å². The summed E-state index contributed by atoms with van der Waals surface area (Å²) in [6.45, 7) is 6.78. The average molecular weight is 364 g/mol. The van der Waals surface area contributed by atoms with Crippen molar-refractivity contribution in [2.24, 2.45) is 0 Å². The first kappa shape index (κ1) is 17.9. The third-order valence-electron chi connectivity index (χ3n) is 4.25. The van der Waals surface area contributed by atoms with Gasteiger partial charge >= 0.3 is 0 Å². The highest BCUT2D eigenvalue weighted by atomic mass is 35.5. The largest absolute Gasteiger partial charge is 0.379 e. The minimum Gasteiger partial charge on any atom is -0.379 e. The Morgan fingerprint density at radius 3 is 2.84 bits per heavy atom. The SMILES string of the molecule is Cc1noc(-c2ccccc2Cl)c1C(=O)NCCCN1CCOCC1. The standard InChI is InChI=1S/C18H22ClN3O3/c1-13-16(17(25-21-13)14-5-2-3-6-15(14)19)18(23)20-7-4-8-22-9-11-24-12-10-22/h2-3,5-6H,4,7-12H2,1H3,(H,20,23). The zero-order valence-corrected chi connectivity index (χ0v) is 15.0. The van der Waals surface area contributed by atoms with Crippen molar-refractivity contribution >= 4 is 17.5 Å². The quantitative estimate of drug-likeness (QED) is 0.799. The van der Waals surface area contributed by atoms with Crippen molar-refractivity contribution in [1.82, 2.24) is 15.4 Å². The lowest BCUT2D eigenvalue weighted by Crippen LogP contribution is -2.38. The molecule has 0 radical (unpaired) electrons. The Balaban J connectivity index is 1.60. The number of benzene rings is 1. The highest BCUT2D eigenvalue weighted by Crippen LogP contribution is 2.31. The maximum Gasteiger partial charge on any atom is 0.257 e.